The monoisotopic (exact) mass is 387 g/mol. The second-order valence-electron chi connectivity index (χ2n) is 7.20. The van der Waals surface area contributed by atoms with Crippen molar-refractivity contribution < 1.29 is 18.3 Å². The lowest BCUT2D eigenvalue weighted by Crippen LogP contribution is -2.33. The minimum Gasteiger partial charge on any atom is -0.508 e. The summed E-state index contributed by atoms with van der Waals surface area (Å²) in [5.74, 6) is 0.187. The van der Waals surface area contributed by atoms with Gasteiger partial charge in [-0.1, -0.05) is 36.4 Å². The Morgan fingerprint density at radius 1 is 1.11 bits per heavy atom. The number of phenolic OH excluding ortho intramolecular Hbond substituents is 1. The van der Waals surface area contributed by atoms with E-state index in [2.05, 4.69) is 14.9 Å². The number of imidazole rings is 1. The fraction of sp³-hybridized carbons (Fsp3) is 0.286. The molecule has 7 heteroatoms. The number of aromatic nitrogens is 2. The molecule has 1 atom stereocenters. The maximum absolute atomic E-state index is 12.7. The number of halogens is 3. The Morgan fingerprint density at radius 3 is 2.68 bits per heavy atom. The van der Waals surface area contributed by atoms with E-state index in [4.69, 9.17) is 0 Å². The van der Waals surface area contributed by atoms with E-state index in [9.17, 15) is 18.3 Å². The van der Waals surface area contributed by atoms with Crippen LogP contribution in [0.25, 0.3) is 0 Å². The average Bonchev–Trinajstić information content (AvgIpc) is 3.08. The minimum absolute atomic E-state index is 0.0135. The van der Waals surface area contributed by atoms with Crippen molar-refractivity contribution in [3.05, 3.63) is 82.9 Å². The normalized spacial score (nSPS) is 17.5. The molecule has 0 amide bonds. The van der Waals surface area contributed by atoms with Crippen LogP contribution in [0.4, 0.5) is 13.2 Å². The SMILES string of the molecule is Oc1cccc(C2CN(Cc3cccc(CC(F)(F)F)c3)Cc3[nH]cnc32)c1. The standard InChI is InChI=1S/C21H20F3N3O/c22-21(23,24)9-14-3-1-4-15(7-14)10-27-11-18(16-5-2-6-17(28)8-16)20-19(12-27)25-13-26-20/h1-8,13,18,28H,9-12H2,(H,25,26). The Hall–Kier alpha value is -2.80. The molecule has 1 unspecified atom stereocenters. The van der Waals surface area contributed by atoms with Crippen molar-refractivity contribution in [2.45, 2.75) is 31.6 Å². The van der Waals surface area contributed by atoms with Gasteiger partial charge in [-0.25, -0.2) is 4.98 Å². The number of alkyl halides is 3. The molecule has 0 saturated heterocycles. The molecule has 0 radical (unpaired) electrons. The van der Waals surface area contributed by atoms with Gasteiger partial charge >= 0.3 is 6.18 Å². The van der Waals surface area contributed by atoms with Crippen LogP contribution in [-0.4, -0.2) is 32.7 Å². The van der Waals surface area contributed by atoms with Crippen LogP contribution in [0.1, 0.15) is 34.0 Å². The highest BCUT2D eigenvalue weighted by Gasteiger charge is 2.30. The smallest absolute Gasteiger partial charge is 0.393 e. The maximum atomic E-state index is 12.7. The number of benzene rings is 2. The first-order valence-electron chi connectivity index (χ1n) is 9.05. The van der Waals surface area contributed by atoms with Gasteiger partial charge in [-0.2, -0.15) is 13.2 Å². The van der Waals surface area contributed by atoms with E-state index in [1.54, 1.807) is 36.7 Å². The van der Waals surface area contributed by atoms with Crippen LogP contribution in [0.2, 0.25) is 0 Å². The van der Waals surface area contributed by atoms with Crippen LogP contribution in [0.5, 0.6) is 5.75 Å². The lowest BCUT2D eigenvalue weighted by Gasteiger charge is -2.32. The third kappa shape index (κ3) is 4.20. The number of nitrogens with zero attached hydrogens (tertiary/aromatic N) is 2. The molecule has 4 rings (SSSR count). The van der Waals surface area contributed by atoms with Gasteiger partial charge in [-0.3, -0.25) is 4.90 Å². The molecule has 0 spiro atoms. The number of rotatable bonds is 4. The molecule has 0 saturated carbocycles. The van der Waals surface area contributed by atoms with Gasteiger partial charge in [-0.05, 0) is 28.8 Å². The molecule has 1 aromatic heterocycles. The fourth-order valence-corrected chi connectivity index (χ4v) is 3.84. The first-order valence-corrected chi connectivity index (χ1v) is 9.05. The van der Waals surface area contributed by atoms with Crippen LogP contribution in [0, 0.1) is 0 Å². The number of fused-ring (bicyclic) bond motifs is 1. The second-order valence-corrected chi connectivity index (χ2v) is 7.20. The zero-order valence-electron chi connectivity index (χ0n) is 15.1. The summed E-state index contributed by atoms with van der Waals surface area (Å²) in [4.78, 5) is 9.80. The van der Waals surface area contributed by atoms with Crippen LogP contribution < -0.4 is 0 Å². The molecule has 28 heavy (non-hydrogen) atoms. The summed E-state index contributed by atoms with van der Waals surface area (Å²) in [6.07, 6.45) is -3.47. The number of hydrogen-bond acceptors (Lipinski definition) is 3. The van der Waals surface area contributed by atoms with Gasteiger partial charge in [-0.15, -0.1) is 0 Å². The number of phenols is 1. The van der Waals surface area contributed by atoms with Crippen molar-refractivity contribution in [3.8, 4) is 5.75 Å². The summed E-state index contributed by atoms with van der Waals surface area (Å²) in [5, 5.41) is 9.83. The van der Waals surface area contributed by atoms with Gasteiger partial charge in [0, 0.05) is 25.6 Å². The molecule has 2 N–H and O–H groups in total. The van der Waals surface area contributed by atoms with Gasteiger partial charge in [0.25, 0.3) is 0 Å². The van der Waals surface area contributed by atoms with Crippen molar-refractivity contribution in [3.63, 3.8) is 0 Å². The summed E-state index contributed by atoms with van der Waals surface area (Å²) < 4.78 is 38.1. The van der Waals surface area contributed by atoms with E-state index in [-0.39, 0.29) is 17.2 Å². The van der Waals surface area contributed by atoms with Crippen molar-refractivity contribution >= 4 is 0 Å². The molecule has 0 bridgehead atoms. The zero-order chi connectivity index (χ0) is 19.7. The van der Waals surface area contributed by atoms with Crippen molar-refractivity contribution in [1.29, 1.82) is 0 Å². The maximum Gasteiger partial charge on any atom is 0.393 e. The number of aromatic amines is 1. The Morgan fingerprint density at radius 2 is 1.89 bits per heavy atom. The molecule has 2 heterocycles. The quantitative estimate of drug-likeness (QED) is 0.699. The van der Waals surface area contributed by atoms with Gasteiger partial charge in [0.1, 0.15) is 5.75 Å². The summed E-state index contributed by atoms with van der Waals surface area (Å²) in [5.41, 5.74) is 4.02. The van der Waals surface area contributed by atoms with Crippen LogP contribution in [0.15, 0.2) is 54.9 Å². The molecule has 1 aliphatic heterocycles. The molecule has 4 nitrogen and oxygen atoms in total. The number of H-pyrrole nitrogens is 1. The van der Waals surface area contributed by atoms with Gasteiger partial charge in [0.05, 0.1) is 24.1 Å². The van der Waals surface area contributed by atoms with E-state index in [0.717, 1.165) is 22.5 Å². The summed E-state index contributed by atoms with van der Waals surface area (Å²) in [7, 11) is 0. The first-order chi connectivity index (χ1) is 13.4. The zero-order valence-corrected chi connectivity index (χ0v) is 15.1. The highest BCUT2D eigenvalue weighted by atomic mass is 19.4. The van der Waals surface area contributed by atoms with Crippen molar-refractivity contribution in [2.24, 2.45) is 0 Å². The molecular formula is C21H20F3N3O. The van der Waals surface area contributed by atoms with E-state index in [1.165, 1.54) is 6.07 Å². The number of nitrogens with one attached hydrogen (secondary N) is 1. The molecule has 2 aromatic carbocycles. The molecule has 0 aliphatic carbocycles. The molecule has 0 fully saturated rings. The third-order valence-electron chi connectivity index (χ3n) is 4.98. The van der Waals surface area contributed by atoms with E-state index in [1.807, 2.05) is 12.1 Å². The lowest BCUT2D eigenvalue weighted by molar-refractivity contribution is -0.127. The number of aromatic hydroxyl groups is 1. The second kappa shape index (κ2) is 7.31. The van der Waals surface area contributed by atoms with Crippen molar-refractivity contribution in [1.82, 2.24) is 14.9 Å². The van der Waals surface area contributed by atoms with E-state index < -0.39 is 12.6 Å². The third-order valence-corrected chi connectivity index (χ3v) is 4.98. The predicted octanol–water partition coefficient (Wildman–Crippen LogP) is 4.37. The van der Waals surface area contributed by atoms with Crippen LogP contribution in [-0.2, 0) is 19.5 Å². The molecule has 3 aromatic rings. The highest BCUT2D eigenvalue weighted by molar-refractivity contribution is 5.37. The Labute approximate surface area is 160 Å². The van der Waals surface area contributed by atoms with Gasteiger partial charge < -0.3 is 10.1 Å². The molecular weight excluding hydrogens is 367 g/mol. The summed E-state index contributed by atoms with van der Waals surface area (Å²) >= 11 is 0. The van der Waals surface area contributed by atoms with Crippen LogP contribution in [0.3, 0.4) is 0 Å². The number of hydrogen-bond donors (Lipinski definition) is 2. The Bertz CT molecular complexity index is 967. The largest absolute Gasteiger partial charge is 0.508 e. The fourth-order valence-electron chi connectivity index (χ4n) is 3.84. The summed E-state index contributed by atoms with van der Waals surface area (Å²) in [6, 6.07) is 13.8. The highest BCUT2D eigenvalue weighted by Crippen LogP contribution is 2.33. The molecule has 1 aliphatic rings. The first kappa shape index (κ1) is 18.6. The van der Waals surface area contributed by atoms with Gasteiger partial charge in [0.2, 0.25) is 0 Å². The average molecular weight is 387 g/mol. The predicted molar refractivity (Wildman–Crippen MR) is 98.9 cm³/mol. The van der Waals surface area contributed by atoms with E-state index >= 15 is 0 Å². The topological polar surface area (TPSA) is 52.1 Å². The lowest BCUT2D eigenvalue weighted by atomic mass is 9.90. The van der Waals surface area contributed by atoms with Crippen LogP contribution >= 0.6 is 0 Å². The molecule has 146 valence electrons. The van der Waals surface area contributed by atoms with Gasteiger partial charge in [0.15, 0.2) is 0 Å². The summed E-state index contributed by atoms with van der Waals surface area (Å²) in [6.45, 7) is 1.86. The Balaban J connectivity index is 1.56. The Kier molecular flexibility index (Phi) is 4.85. The van der Waals surface area contributed by atoms with Crippen molar-refractivity contribution in [2.75, 3.05) is 6.54 Å². The van der Waals surface area contributed by atoms with E-state index in [0.29, 0.717) is 19.6 Å². The minimum atomic E-state index is -4.21.